The van der Waals surface area contributed by atoms with Gasteiger partial charge in [-0.1, -0.05) is 25.1 Å². The van der Waals surface area contributed by atoms with Gasteiger partial charge in [-0.15, -0.1) is 10.2 Å². The monoisotopic (exact) mass is 199 g/mol. The highest BCUT2D eigenvalue weighted by Crippen LogP contribution is 2.18. The van der Waals surface area contributed by atoms with Crippen LogP contribution in [0.4, 0.5) is 5.82 Å². The molecular weight excluding hydrogens is 186 g/mol. The van der Waals surface area contributed by atoms with Crippen LogP contribution in [0.5, 0.6) is 0 Å². The number of nitrogens with two attached hydrogens (primary N) is 1. The average Bonchev–Trinajstić information content (AvgIpc) is 2.30. The van der Waals surface area contributed by atoms with Crippen LogP contribution in [0.15, 0.2) is 36.4 Å². The molecule has 2 N–H and O–H groups in total. The highest BCUT2D eigenvalue weighted by atomic mass is 15.1. The fraction of sp³-hybridized carbons (Fsp3) is 0.167. The number of hydrogen-bond donors (Lipinski definition) is 1. The van der Waals surface area contributed by atoms with Crippen LogP contribution in [-0.2, 0) is 6.42 Å². The maximum Gasteiger partial charge on any atom is 0.146 e. The van der Waals surface area contributed by atoms with E-state index in [0.29, 0.717) is 5.82 Å². The van der Waals surface area contributed by atoms with Crippen LogP contribution in [-0.4, -0.2) is 10.2 Å². The summed E-state index contributed by atoms with van der Waals surface area (Å²) in [6.45, 7) is 2.13. The predicted molar refractivity (Wildman–Crippen MR) is 61.3 cm³/mol. The topological polar surface area (TPSA) is 51.8 Å². The second-order valence-electron chi connectivity index (χ2n) is 3.40. The molecule has 0 saturated carbocycles. The first-order valence-electron chi connectivity index (χ1n) is 4.98. The first-order chi connectivity index (χ1) is 7.29. The smallest absolute Gasteiger partial charge is 0.146 e. The Bertz CT molecular complexity index is 449. The lowest BCUT2D eigenvalue weighted by Gasteiger charge is -2.02. The fourth-order valence-electron chi connectivity index (χ4n) is 1.45. The number of nitrogens with zero attached hydrogens (tertiary/aromatic N) is 2. The third-order valence-electron chi connectivity index (χ3n) is 2.32. The lowest BCUT2D eigenvalue weighted by atomic mass is 10.1. The van der Waals surface area contributed by atoms with Crippen LogP contribution < -0.4 is 5.73 Å². The number of benzene rings is 1. The van der Waals surface area contributed by atoms with E-state index in [0.717, 1.165) is 17.7 Å². The summed E-state index contributed by atoms with van der Waals surface area (Å²) < 4.78 is 0. The van der Waals surface area contributed by atoms with Crippen LogP contribution in [0.2, 0.25) is 0 Å². The summed E-state index contributed by atoms with van der Waals surface area (Å²) in [6, 6.07) is 11.9. The van der Waals surface area contributed by atoms with Gasteiger partial charge in [0.25, 0.3) is 0 Å². The summed E-state index contributed by atoms with van der Waals surface area (Å²) in [4.78, 5) is 0. The molecule has 0 amide bonds. The summed E-state index contributed by atoms with van der Waals surface area (Å²) >= 11 is 0. The molecule has 2 rings (SSSR count). The van der Waals surface area contributed by atoms with Crippen molar-refractivity contribution in [3.8, 4) is 11.3 Å². The van der Waals surface area contributed by atoms with Gasteiger partial charge in [-0.25, -0.2) is 0 Å². The Balaban J connectivity index is 2.40. The van der Waals surface area contributed by atoms with Crippen LogP contribution in [0, 0.1) is 0 Å². The zero-order chi connectivity index (χ0) is 10.7. The summed E-state index contributed by atoms with van der Waals surface area (Å²) in [7, 11) is 0. The van der Waals surface area contributed by atoms with Gasteiger partial charge in [-0.3, -0.25) is 0 Å². The maximum atomic E-state index is 5.49. The molecule has 76 valence electrons. The van der Waals surface area contributed by atoms with Crippen LogP contribution in [0.25, 0.3) is 11.3 Å². The largest absolute Gasteiger partial charge is 0.382 e. The summed E-state index contributed by atoms with van der Waals surface area (Å²) in [6.07, 6.45) is 1.02. The second kappa shape index (κ2) is 4.09. The van der Waals surface area contributed by atoms with E-state index in [4.69, 9.17) is 5.73 Å². The van der Waals surface area contributed by atoms with Crippen molar-refractivity contribution in [2.75, 3.05) is 5.73 Å². The van der Waals surface area contributed by atoms with E-state index in [9.17, 15) is 0 Å². The molecule has 0 saturated heterocycles. The molecule has 0 radical (unpaired) electrons. The first kappa shape index (κ1) is 9.65. The Morgan fingerprint density at radius 3 is 2.67 bits per heavy atom. The molecule has 0 spiro atoms. The number of aryl methyl sites for hydroxylation is 1. The van der Waals surface area contributed by atoms with E-state index in [2.05, 4.69) is 29.3 Å². The minimum atomic E-state index is 0.449. The molecule has 0 unspecified atom stereocenters. The molecule has 1 aromatic heterocycles. The Kier molecular flexibility index (Phi) is 2.63. The first-order valence-corrected chi connectivity index (χ1v) is 4.98. The Morgan fingerprint density at radius 2 is 2.00 bits per heavy atom. The molecule has 0 aliphatic rings. The lowest BCUT2D eigenvalue weighted by molar-refractivity contribution is 1.05. The van der Waals surface area contributed by atoms with Gasteiger partial charge in [0.15, 0.2) is 0 Å². The molecule has 0 aliphatic carbocycles. The molecule has 2 aromatic rings. The third-order valence-corrected chi connectivity index (χ3v) is 2.32. The SMILES string of the molecule is CCc1cccc(-c2ccc(N)nn2)c1. The molecule has 15 heavy (non-hydrogen) atoms. The Hall–Kier alpha value is -1.90. The van der Waals surface area contributed by atoms with E-state index < -0.39 is 0 Å². The Morgan fingerprint density at radius 1 is 1.13 bits per heavy atom. The predicted octanol–water partition coefficient (Wildman–Crippen LogP) is 2.29. The number of anilines is 1. The van der Waals surface area contributed by atoms with Gasteiger partial charge in [-0.05, 0) is 30.2 Å². The van der Waals surface area contributed by atoms with Crippen molar-refractivity contribution in [2.45, 2.75) is 13.3 Å². The van der Waals surface area contributed by atoms with Crippen molar-refractivity contribution in [3.05, 3.63) is 42.0 Å². The molecule has 0 aliphatic heterocycles. The van der Waals surface area contributed by atoms with Gasteiger partial charge >= 0.3 is 0 Å². The minimum absolute atomic E-state index is 0.449. The number of aromatic nitrogens is 2. The van der Waals surface area contributed by atoms with E-state index in [-0.39, 0.29) is 0 Å². The molecule has 3 nitrogen and oxygen atoms in total. The summed E-state index contributed by atoms with van der Waals surface area (Å²) in [5.74, 6) is 0.449. The number of hydrogen-bond acceptors (Lipinski definition) is 3. The lowest BCUT2D eigenvalue weighted by Crippen LogP contribution is -1.94. The van der Waals surface area contributed by atoms with Crippen molar-refractivity contribution in [1.29, 1.82) is 0 Å². The van der Waals surface area contributed by atoms with Crippen LogP contribution in [0.1, 0.15) is 12.5 Å². The van der Waals surface area contributed by atoms with Crippen molar-refractivity contribution >= 4 is 5.82 Å². The summed E-state index contributed by atoms with van der Waals surface area (Å²) in [5.41, 5.74) is 8.73. The van der Waals surface area contributed by atoms with Crippen LogP contribution >= 0.6 is 0 Å². The van der Waals surface area contributed by atoms with Gasteiger partial charge in [-0.2, -0.15) is 0 Å². The van der Waals surface area contributed by atoms with Gasteiger partial charge in [0, 0.05) is 5.56 Å². The molecule has 3 heteroatoms. The number of nitrogen functional groups attached to an aromatic ring is 1. The Labute approximate surface area is 89.0 Å². The standard InChI is InChI=1S/C12H13N3/c1-2-9-4-3-5-10(8-9)11-6-7-12(13)15-14-11/h3-8H,2H2,1H3,(H2,13,15). The van der Waals surface area contributed by atoms with Crippen molar-refractivity contribution in [3.63, 3.8) is 0 Å². The maximum absolute atomic E-state index is 5.49. The molecular formula is C12H13N3. The highest BCUT2D eigenvalue weighted by molar-refractivity contribution is 5.60. The van der Waals surface area contributed by atoms with Gasteiger partial charge < -0.3 is 5.73 Å². The van der Waals surface area contributed by atoms with Crippen molar-refractivity contribution in [2.24, 2.45) is 0 Å². The van der Waals surface area contributed by atoms with Gasteiger partial charge in [0.1, 0.15) is 5.82 Å². The molecule has 1 heterocycles. The van der Waals surface area contributed by atoms with Gasteiger partial charge in [0.2, 0.25) is 0 Å². The van der Waals surface area contributed by atoms with E-state index in [1.807, 2.05) is 18.2 Å². The van der Waals surface area contributed by atoms with E-state index in [1.54, 1.807) is 6.07 Å². The van der Waals surface area contributed by atoms with Crippen molar-refractivity contribution in [1.82, 2.24) is 10.2 Å². The van der Waals surface area contributed by atoms with Gasteiger partial charge in [0.05, 0.1) is 5.69 Å². The fourth-order valence-corrected chi connectivity index (χ4v) is 1.45. The zero-order valence-electron chi connectivity index (χ0n) is 8.64. The zero-order valence-corrected chi connectivity index (χ0v) is 8.64. The quantitative estimate of drug-likeness (QED) is 0.807. The average molecular weight is 199 g/mol. The molecule has 0 bridgehead atoms. The second-order valence-corrected chi connectivity index (χ2v) is 3.40. The van der Waals surface area contributed by atoms with Crippen molar-refractivity contribution < 1.29 is 0 Å². The van der Waals surface area contributed by atoms with E-state index in [1.165, 1.54) is 5.56 Å². The normalized spacial score (nSPS) is 10.2. The molecule has 0 atom stereocenters. The van der Waals surface area contributed by atoms with Crippen LogP contribution in [0.3, 0.4) is 0 Å². The molecule has 1 aromatic carbocycles. The minimum Gasteiger partial charge on any atom is -0.382 e. The highest BCUT2D eigenvalue weighted by Gasteiger charge is 2.00. The third kappa shape index (κ3) is 2.13. The number of rotatable bonds is 2. The molecule has 0 fully saturated rings. The summed E-state index contributed by atoms with van der Waals surface area (Å²) in [5, 5.41) is 7.89. The van der Waals surface area contributed by atoms with E-state index >= 15 is 0 Å².